The molecule has 0 saturated carbocycles. The number of H-pyrrole nitrogens is 1. The molecule has 0 unspecified atom stereocenters. The minimum atomic E-state index is 0.665. The molecule has 16 heavy (non-hydrogen) atoms. The standard InChI is InChI=1S/C12H15N3O/c1-2-4-12(5-3-1)16-7-6-13-8-11-9-14-10-15-11/h1-5,9-10,13H,6-8H2,(H,14,15). The molecule has 0 atom stereocenters. The van der Waals surface area contributed by atoms with Gasteiger partial charge in [-0.1, -0.05) is 18.2 Å². The van der Waals surface area contributed by atoms with Crippen molar-refractivity contribution in [3.63, 3.8) is 0 Å². The Balaban J connectivity index is 1.59. The number of rotatable bonds is 6. The first-order valence-corrected chi connectivity index (χ1v) is 5.31. The first kappa shape index (κ1) is 10.7. The second-order valence-corrected chi connectivity index (χ2v) is 3.42. The van der Waals surface area contributed by atoms with E-state index in [1.165, 1.54) is 0 Å². The molecule has 0 spiro atoms. The summed E-state index contributed by atoms with van der Waals surface area (Å²) >= 11 is 0. The number of aromatic amines is 1. The lowest BCUT2D eigenvalue weighted by molar-refractivity contribution is 0.313. The van der Waals surface area contributed by atoms with E-state index in [1.807, 2.05) is 36.5 Å². The van der Waals surface area contributed by atoms with Crippen LogP contribution in [0.5, 0.6) is 5.75 Å². The largest absolute Gasteiger partial charge is 0.492 e. The maximum atomic E-state index is 5.54. The van der Waals surface area contributed by atoms with Crippen LogP contribution in [0.1, 0.15) is 5.69 Å². The Labute approximate surface area is 94.7 Å². The third-order valence-electron chi connectivity index (χ3n) is 2.16. The van der Waals surface area contributed by atoms with Gasteiger partial charge in [-0.3, -0.25) is 0 Å². The molecule has 0 fully saturated rings. The predicted molar refractivity (Wildman–Crippen MR) is 62.2 cm³/mol. The summed E-state index contributed by atoms with van der Waals surface area (Å²) in [6.45, 7) is 2.27. The summed E-state index contributed by atoms with van der Waals surface area (Å²) in [6, 6.07) is 9.81. The number of imidazole rings is 1. The normalized spacial score (nSPS) is 10.2. The highest BCUT2D eigenvalue weighted by Crippen LogP contribution is 2.07. The quantitative estimate of drug-likeness (QED) is 0.722. The fraction of sp³-hybridized carbons (Fsp3) is 0.250. The number of hydrogen-bond donors (Lipinski definition) is 2. The van der Waals surface area contributed by atoms with E-state index >= 15 is 0 Å². The molecule has 4 heteroatoms. The summed E-state index contributed by atoms with van der Waals surface area (Å²) in [5.74, 6) is 0.908. The molecule has 1 aromatic heterocycles. The van der Waals surface area contributed by atoms with Crippen molar-refractivity contribution in [3.8, 4) is 5.75 Å². The molecule has 2 rings (SSSR count). The Morgan fingerprint density at radius 1 is 1.25 bits per heavy atom. The van der Waals surface area contributed by atoms with E-state index in [4.69, 9.17) is 4.74 Å². The van der Waals surface area contributed by atoms with Gasteiger partial charge in [0.1, 0.15) is 12.4 Å². The van der Waals surface area contributed by atoms with Crippen LogP contribution in [-0.4, -0.2) is 23.1 Å². The molecule has 0 amide bonds. The number of aromatic nitrogens is 2. The van der Waals surface area contributed by atoms with Crippen molar-refractivity contribution in [2.45, 2.75) is 6.54 Å². The van der Waals surface area contributed by atoms with Gasteiger partial charge < -0.3 is 15.0 Å². The van der Waals surface area contributed by atoms with Crippen molar-refractivity contribution in [3.05, 3.63) is 48.5 Å². The lowest BCUT2D eigenvalue weighted by Gasteiger charge is -2.06. The number of hydrogen-bond acceptors (Lipinski definition) is 3. The van der Waals surface area contributed by atoms with E-state index in [9.17, 15) is 0 Å². The monoisotopic (exact) mass is 217 g/mol. The van der Waals surface area contributed by atoms with Crippen LogP contribution in [0.2, 0.25) is 0 Å². The Morgan fingerprint density at radius 3 is 2.88 bits per heavy atom. The van der Waals surface area contributed by atoms with Gasteiger partial charge in [0.25, 0.3) is 0 Å². The van der Waals surface area contributed by atoms with Crippen molar-refractivity contribution in [1.29, 1.82) is 0 Å². The highest BCUT2D eigenvalue weighted by Gasteiger charge is 1.93. The zero-order valence-electron chi connectivity index (χ0n) is 9.02. The first-order chi connectivity index (χ1) is 7.95. The molecule has 84 valence electrons. The van der Waals surface area contributed by atoms with Gasteiger partial charge in [0.05, 0.1) is 6.33 Å². The van der Waals surface area contributed by atoms with Crippen molar-refractivity contribution in [2.24, 2.45) is 0 Å². The fourth-order valence-electron chi connectivity index (χ4n) is 1.36. The molecule has 4 nitrogen and oxygen atoms in total. The summed E-state index contributed by atoms with van der Waals surface area (Å²) in [4.78, 5) is 6.97. The molecule has 0 bridgehead atoms. The van der Waals surface area contributed by atoms with Crippen LogP contribution < -0.4 is 10.1 Å². The third kappa shape index (κ3) is 3.40. The lowest BCUT2D eigenvalue weighted by Crippen LogP contribution is -2.20. The molecule has 1 heterocycles. The van der Waals surface area contributed by atoms with Gasteiger partial charge in [-0.15, -0.1) is 0 Å². The molecule has 2 aromatic rings. The van der Waals surface area contributed by atoms with E-state index in [2.05, 4.69) is 15.3 Å². The smallest absolute Gasteiger partial charge is 0.119 e. The average Bonchev–Trinajstić information content (AvgIpc) is 2.83. The highest BCUT2D eigenvalue weighted by molar-refractivity contribution is 5.20. The highest BCUT2D eigenvalue weighted by atomic mass is 16.5. The number of nitrogens with one attached hydrogen (secondary N) is 2. The van der Waals surface area contributed by atoms with Crippen LogP contribution in [0, 0.1) is 0 Å². The van der Waals surface area contributed by atoms with E-state index in [0.717, 1.165) is 24.5 Å². The summed E-state index contributed by atoms with van der Waals surface area (Å²) in [5, 5.41) is 3.26. The van der Waals surface area contributed by atoms with Crippen LogP contribution in [-0.2, 0) is 6.54 Å². The maximum Gasteiger partial charge on any atom is 0.119 e. The zero-order valence-corrected chi connectivity index (χ0v) is 9.02. The second kappa shape index (κ2) is 5.92. The Kier molecular flexibility index (Phi) is 3.96. The minimum Gasteiger partial charge on any atom is -0.492 e. The Hall–Kier alpha value is -1.81. The molecule has 0 aliphatic carbocycles. The van der Waals surface area contributed by atoms with E-state index in [1.54, 1.807) is 6.33 Å². The molecular weight excluding hydrogens is 202 g/mol. The van der Waals surface area contributed by atoms with E-state index in [-0.39, 0.29) is 0 Å². The number of para-hydroxylation sites is 1. The van der Waals surface area contributed by atoms with E-state index < -0.39 is 0 Å². The van der Waals surface area contributed by atoms with Crippen LogP contribution in [0.25, 0.3) is 0 Å². The summed E-state index contributed by atoms with van der Waals surface area (Å²) in [6.07, 6.45) is 3.49. The number of ether oxygens (including phenoxy) is 1. The lowest BCUT2D eigenvalue weighted by atomic mass is 10.3. The van der Waals surface area contributed by atoms with E-state index in [0.29, 0.717) is 6.61 Å². The second-order valence-electron chi connectivity index (χ2n) is 3.42. The van der Waals surface area contributed by atoms with Gasteiger partial charge in [0, 0.05) is 25.0 Å². The van der Waals surface area contributed by atoms with Gasteiger partial charge in [0.15, 0.2) is 0 Å². The molecule has 0 saturated heterocycles. The summed E-state index contributed by atoms with van der Waals surface area (Å²) in [7, 11) is 0. The number of benzene rings is 1. The molecule has 0 aliphatic rings. The number of nitrogens with zero attached hydrogens (tertiary/aromatic N) is 1. The fourth-order valence-corrected chi connectivity index (χ4v) is 1.36. The van der Waals surface area contributed by atoms with Crippen LogP contribution >= 0.6 is 0 Å². The average molecular weight is 217 g/mol. The zero-order chi connectivity index (χ0) is 11.1. The van der Waals surface area contributed by atoms with Gasteiger partial charge >= 0.3 is 0 Å². The van der Waals surface area contributed by atoms with Crippen molar-refractivity contribution >= 4 is 0 Å². The third-order valence-corrected chi connectivity index (χ3v) is 2.16. The van der Waals surface area contributed by atoms with Crippen molar-refractivity contribution in [2.75, 3.05) is 13.2 Å². The van der Waals surface area contributed by atoms with Gasteiger partial charge in [0.2, 0.25) is 0 Å². The molecule has 2 N–H and O–H groups in total. The maximum absolute atomic E-state index is 5.54. The molecule has 0 radical (unpaired) electrons. The Morgan fingerprint density at radius 2 is 2.12 bits per heavy atom. The van der Waals surface area contributed by atoms with Gasteiger partial charge in [-0.05, 0) is 12.1 Å². The first-order valence-electron chi connectivity index (χ1n) is 5.31. The Bertz CT molecular complexity index is 386. The van der Waals surface area contributed by atoms with Gasteiger partial charge in [-0.2, -0.15) is 0 Å². The van der Waals surface area contributed by atoms with Crippen LogP contribution in [0.15, 0.2) is 42.9 Å². The van der Waals surface area contributed by atoms with Crippen LogP contribution in [0.3, 0.4) is 0 Å². The van der Waals surface area contributed by atoms with Crippen LogP contribution in [0.4, 0.5) is 0 Å². The van der Waals surface area contributed by atoms with Crippen molar-refractivity contribution < 1.29 is 4.74 Å². The SMILES string of the molecule is c1ccc(OCCNCc2cnc[nH]2)cc1. The summed E-state index contributed by atoms with van der Waals surface area (Å²) < 4.78 is 5.54. The van der Waals surface area contributed by atoms with Gasteiger partial charge in [-0.25, -0.2) is 4.98 Å². The molecule has 1 aromatic carbocycles. The molecule has 0 aliphatic heterocycles. The predicted octanol–water partition coefficient (Wildman–Crippen LogP) is 1.58. The summed E-state index contributed by atoms with van der Waals surface area (Å²) in [5.41, 5.74) is 1.08. The van der Waals surface area contributed by atoms with Crippen molar-refractivity contribution in [1.82, 2.24) is 15.3 Å². The minimum absolute atomic E-state index is 0.665. The molecular formula is C12H15N3O. The topological polar surface area (TPSA) is 49.9 Å².